The number of benzene rings is 1. The molecule has 2 aliphatic rings. The molecule has 1 aliphatic heterocycles. The summed E-state index contributed by atoms with van der Waals surface area (Å²) in [5, 5.41) is 13.7. The van der Waals surface area contributed by atoms with Crippen LogP contribution in [-0.2, 0) is 19.1 Å². The van der Waals surface area contributed by atoms with E-state index in [9.17, 15) is 19.5 Å². The van der Waals surface area contributed by atoms with Gasteiger partial charge in [0.05, 0.1) is 31.1 Å². The van der Waals surface area contributed by atoms with Gasteiger partial charge in [0.2, 0.25) is 11.8 Å². The van der Waals surface area contributed by atoms with E-state index in [2.05, 4.69) is 5.32 Å². The smallest absolute Gasteiger partial charge is 0.310 e. The third kappa shape index (κ3) is 4.94. The molecule has 0 aromatic heterocycles. The maximum atomic E-state index is 13.8. The Labute approximate surface area is 200 Å². The number of aliphatic hydroxyl groups excluding tert-OH is 1. The number of halogens is 1. The number of aliphatic hydroxyl groups is 1. The Morgan fingerprint density at radius 1 is 1.21 bits per heavy atom. The summed E-state index contributed by atoms with van der Waals surface area (Å²) in [6.45, 7) is 7.49. The number of hydrogen-bond acceptors (Lipinski definition) is 5. The number of likely N-dealkylation sites (tertiary alicyclic amines) is 1. The first kappa shape index (κ1) is 25.2. The number of esters is 1. The summed E-state index contributed by atoms with van der Waals surface area (Å²) in [6, 6.07) is 5.33. The fourth-order valence-corrected chi connectivity index (χ4v) is 5.18. The van der Waals surface area contributed by atoms with Gasteiger partial charge in [-0.05, 0) is 43.0 Å². The minimum atomic E-state index is -0.856. The van der Waals surface area contributed by atoms with E-state index >= 15 is 0 Å². The zero-order chi connectivity index (χ0) is 24.3. The lowest BCUT2D eigenvalue weighted by Crippen LogP contribution is -2.52. The lowest BCUT2D eigenvalue weighted by atomic mass is 9.70. The van der Waals surface area contributed by atoms with E-state index in [-0.39, 0.29) is 36.9 Å². The average molecular weight is 477 g/mol. The molecular weight excluding hydrogens is 444 g/mol. The van der Waals surface area contributed by atoms with Gasteiger partial charge < -0.3 is 20.1 Å². The van der Waals surface area contributed by atoms with E-state index in [0.29, 0.717) is 10.7 Å². The van der Waals surface area contributed by atoms with Gasteiger partial charge in [-0.1, -0.05) is 50.9 Å². The fraction of sp³-hybridized carbons (Fsp3) is 0.560. The Kier molecular flexibility index (Phi) is 8.19. The van der Waals surface area contributed by atoms with Crippen molar-refractivity contribution in [2.24, 2.45) is 29.6 Å². The largest absolute Gasteiger partial charge is 0.466 e. The maximum Gasteiger partial charge on any atom is 0.310 e. The van der Waals surface area contributed by atoms with Crippen molar-refractivity contribution in [1.29, 1.82) is 0 Å². The SMILES string of the molecule is CCOC(=O)[C@H]1[C@@H]2C(=O)N([C@@H](CO)[C@@H](C)CC)[C@H](C(=O)Nc3ccc(Cl)cc3)[C@H]2C=C[C@H]1C. The van der Waals surface area contributed by atoms with Crippen LogP contribution >= 0.6 is 11.6 Å². The highest BCUT2D eigenvalue weighted by Gasteiger charge is 2.58. The number of amides is 2. The number of nitrogens with zero attached hydrogens (tertiary/aromatic N) is 1. The molecular formula is C25H33ClN2O5. The van der Waals surface area contributed by atoms with Crippen LogP contribution in [0, 0.1) is 29.6 Å². The second-order valence-electron chi connectivity index (χ2n) is 8.95. The number of carbonyl (C=O) groups is 3. The number of allylic oxidation sites excluding steroid dienone is 1. The summed E-state index contributed by atoms with van der Waals surface area (Å²) in [5.41, 5.74) is 0.555. The zero-order valence-corrected chi connectivity index (χ0v) is 20.3. The van der Waals surface area contributed by atoms with Gasteiger partial charge in [0.25, 0.3) is 0 Å². The topological polar surface area (TPSA) is 95.9 Å². The average Bonchev–Trinajstić information content (AvgIpc) is 3.08. The predicted octanol–water partition coefficient (Wildman–Crippen LogP) is 3.51. The zero-order valence-electron chi connectivity index (χ0n) is 19.5. The van der Waals surface area contributed by atoms with Gasteiger partial charge in [0.15, 0.2) is 0 Å². The minimum absolute atomic E-state index is 0.0348. The van der Waals surface area contributed by atoms with Gasteiger partial charge >= 0.3 is 5.97 Å². The summed E-state index contributed by atoms with van der Waals surface area (Å²) in [7, 11) is 0. The number of anilines is 1. The molecule has 0 unspecified atom stereocenters. The van der Waals surface area contributed by atoms with Gasteiger partial charge in [0.1, 0.15) is 6.04 Å². The standard InChI is InChI=1S/C25H33ClN2O5/c1-5-14(3)19(13-29)28-22(23(30)27-17-10-8-16(26)9-11-17)18-12-7-15(4)20(21(18)24(28)31)25(32)33-6-2/h7-12,14-15,18-22,29H,5-6,13H2,1-4H3,(H,27,30)/t14-,15+,18-,19-,20+,21+,22-/m0/s1. The van der Waals surface area contributed by atoms with Crippen molar-refractivity contribution < 1.29 is 24.2 Å². The predicted molar refractivity (Wildman–Crippen MR) is 126 cm³/mol. The van der Waals surface area contributed by atoms with Gasteiger partial charge in [-0.3, -0.25) is 14.4 Å². The normalized spacial score (nSPS) is 28.2. The van der Waals surface area contributed by atoms with Crippen LogP contribution < -0.4 is 5.32 Å². The molecule has 2 amide bonds. The highest BCUT2D eigenvalue weighted by atomic mass is 35.5. The Hall–Kier alpha value is -2.38. The lowest BCUT2D eigenvalue weighted by molar-refractivity contribution is -0.156. The van der Waals surface area contributed by atoms with Crippen molar-refractivity contribution in [2.75, 3.05) is 18.5 Å². The molecule has 0 spiro atoms. The Balaban J connectivity index is 2.03. The Morgan fingerprint density at radius 2 is 1.88 bits per heavy atom. The van der Waals surface area contributed by atoms with E-state index in [1.165, 1.54) is 4.90 Å². The first-order valence-corrected chi connectivity index (χ1v) is 12.0. The van der Waals surface area contributed by atoms with E-state index in [1.807, 2.05) is 32.9 Å². The summed E-state index contributed by atoms with van der Waals surface area (Å²) in [5.74, 6) is -3.22. The molecule has 2 N–H and O–H groups in total. The number of carbonyl (C=O) groups excluding carboxylic acids is 3. The van der Waals surface area contributed by atoms with Crippen molar-refractivity contribution in [1.82, 2.24) is 4.90 Å². The van der Waals surface area contributed by atoms with E-state index in [0.717, 1.165) is 6.42 Å². The van der Waals surface area contributed by atoms with Crippen molar-refractivity contribution >= 4 is 35.1 Å². The van der Waals surface area contributed by atoms with Crippen molar-refractivity contribution in [3.05, 3.63) is 41.4 Å². The minimum Gasteiger partial charge on any atom is -0.466 e. The molecule has 1 heterocycles. The molecule has 1 fully saturated rings. The summed E-state index contributed by atoms with van der Waals surface area (Å²) < 4.78 is 5.30. The number of fused-ring (bicyclic) bond motifs is 1. The number of ether oxygens (including phenoxy) is 1. The summed E-state index contributed by atoms with van der Waals surface area (Å²) >= 11 is 5.96. The highest BCUT2D eigenvalue weighted by molar-refractivity contribution is 6.30. The molecule has 3 rings (SSSR count). The van der Waals surface area contributed by atoms with Crippen LogP contribution in [0.4, 0.5) is 5.69 Å². The Morgan fingerprint density at radius 3 is 2.45 bits per heavy atom. The third-order valence-electron chi connectivity index (χ3n) is 6.99. The molecule has 1 aromatic rings. The van der Waals surface area contributed by atoms with Gasteiger partial charge in [-0.15, -0.1) is 0 Å². The molecule has 7 atom stereocenters. The van der Waals surface area contributed by atoms with Crippen LogP contribution in [0.25, 0.3) is 0 Å². The van der Waals surface area contributed by atoms with Crippen LogP contribution in [0.1, 0.15) is 34.1 Å². The first-order valence-electron chi connectivity index (χ1n) is 11.6. The van der Waals surface area contributed by atoms with Crippen molar-refractivity contribution in [2.45, 2.75) is 46.2 Å². The van der Waals surface area contributed by atoms with Crippen LogP contribution in [0.2, 0.25) is 5.02 Å². The number of rotatable bonds is 8. The Bertz CT molecular complexity index is 903. The molecule has 1 aliphatic carbocycles. The van der Waals surface area contributed by atoms with Crippen LogP contribution in [0.15, 0.2) is 36.4 Å². The second kappa shape index (κ2) is 10.7. The summed E-state index contributed by atoms with van der Waals surface area (Å²) in [6.07, 6.45) is 4.49. The van der Waals surface area contributed by atoms with Crippen LogP contribution in [-0.4, -0.2) is 53.1 Å². The monoisotopic (exact) mass is 476 g/mol. The van der Waals surface area contributed by atoms with Gasteiger partial charge in [-0.2, -0.15) is 0 Å². The van der Waals surface area contributed by atoms with Gasteiger partial charge in [0, 0.05) is 16.6 Å². The molecule has 0 radical (unpaired) electrons. The fourth-order valence-electron chi connectivity index (χ4n) is 5.06. The molecule has 0 saturated carbocycles. The third-order valence-corrected chi connectivity index (χ3v) is 7.25. The van der Waals surface area contributed by atoms with E-state index < -0.39 is 35.8 Å². The summed E-state index contributed by atoms with van der Waals surface area (Å²) in [4.78, 5) is 41.7. The molecule has 8 heteroatoms. The lowest BCUT2D eigenvalue weighted by Gasteiger charge is -2.36. The molecule has 7 nitrogen and oxygen atoms in total. The van der Waals surface area contributed by atoms with Crippen molar-refractivity contribution in [3.63, 3.8) is 0 Å². The quantitative estimate of drug-likeness (QED) is 0.442. The van der Waals surface area contributed by atoms with E-state index in [4.69, 9.17) is 16.3 Å². The highest BCUT2D eigenvalue weighted by Crippen LogP contribution is 2.46. The molecule has 0 bridgehead atoms. The number of nitrogens with one attached hydrogen (secondary N) is 1. The van der Waals surface area contributed by atoms with Gasteiger partial charge in [-0.25, -0.2) is 0 Å². The van der Waals surface area contributed by atoms with Crippen molar-refractivity contribution in [3.8, 4) is 0 Å². The maximum absolute atomic E-state index is 13.8. The molecule has 180 valence electrons. The first-order chi connectivity index (χ1) is 15.7. The molecule has 1 aromatic carbocycles. The number of hydrogen-bond donors (Lipinski definition) is 2. The van der Waals surface area contributed by atoms with E-state index in [1.54, 1.807) is 31.2 Å². The second-order valence-corrected chi connectivity index (χ2v) is 9.38. The van der Waals surface area contributed by atoms with Crippen LogP contribution in [0.5, 0.6) is 0 Å². The molecule has 33 heavy (non-hydrogen) atoms. The molecule has 1 saturated heterocycles. The van der Waals surface area contributed by atoms with Crippen LogP contribution in [0.3, 0.4) is 0 Å².